The minimum Gasteiger partial charge on any atom is -0.388 e. The van der Waals surface area contributed by atoms with Gasteiger partial charge in [-0.25, -0.2) is 4.39 Å². The molecule has 1 N–H and O–H groups in total. The summed E-state index contributed by atoms with van der Waals surface area (Å²) in [7, 11) is 0. The molecule has 0 aliphatic heterocycles. The lowest BCUT2D eigenvalue weighted by atomic mass is 9.89. The predicted octanol–water partition coefficient (Wildman–Crippen LogP) is 4.84. The van der Waals surface area contributed by atoms with E-state index in [1.54, 1.807) is 6.92 Å². The van der Waals surface area contributed by atoms with Crippen molar-refractivity contribution in [2.75, 3.05) is 0 Å². The first kappa shape index (κ1) is 15.5. The van der Waals surface area contributed by atoms with Crippen LogP contribution in [-0.4, -0.2) is 5.11 Å². The van der Waals surface area contributed by atoms with Gasteiger partial charge in [-0.05, 0) is 30.9 Å². The summed E-state index contributed by atoms with van der Waals surface area (Å²) in [5.41, 5.74) is 1.92. The molecule has 0 radical (unpaired) electrons. The number of hydrogen-bond acceptors (Lipinski definition) is 1. The molecule has 110 valence electrons. The van der Waals surface area contributed by atoms with Gasteiger partial charge in [0.25, 0.3) is 0 Å². The number of halogens is 1. The highest BCUT2D eigenvalue weighted by Gasteiger charge is 2.24. The van der Waals surface area contributed by atoms with E-state index >= 15 is 0 Å². The summed E-state index contributed by atoms with van der Waals surface area (Å²) in [6.45, 7) is 1.67. The number of aryl methyl sites for hydroxylation is 1. The molecule has 0 aliphatic rings. The fourth-order valence-corrected chi connectivity index (χ4v) is 2.51. The van der Waals surface area contributed by atoms with Crippen molar-refractivity contribution >= 4 is 0 Å². The quantitative estimate of drug-likeness (QED) is 0.804. The number of allylic oxidation sites excluding steroid dienone is 1. The van der Waals surface area contributed by atoms with Crippen LogP contribution in [0.15, 0.2) is 72.6 Å². The highest BCUT2D eigenvalue weighted by molar-refractivity contribution is 5.21. The van der Waals surface area contributed by atoms with E-state index in [2.05, 4.69) is 0 Å². The van der Waals surface area contributed by atoms with Crippen molar-refractivity contribution in [2.45, 2.75) is 25.9 Å². The topological polar surface area (TPSA) is 20.2 Å². The fraction of sp³-hybridized carbons (Fsp3) is 0.263. The standard InChI is InChI=1S/C19H21FO/c1-2-18(20)17(14-13-15-9-5-3-6-10-15)19(21)16-11-7-4-8-12-16/h2-12,17,19,21H,13-14H2,1H3/t17-,19+/m1/s1. The van der Waals surface area contributed by atoms with Crippen molar-refractivity contribution in [3.8, 4) is 0 Å². The molecule has 0 bridgehead atoms. The third-order valence-corrected chi connectivity index (χ3v) is 3.74. The average molecular weight is 284 g/mol. The largest absolute Gasteiger partial charge is 0.388 e. The summed E-state index contributed by atoms with van der Waals surface area (Å²) in [6, 6.07) is 19.3. The maximum Gasteiger partial charge on any atom is 0.102 e. The number of aliphatic hydroxyl groups is 1. The third-order valence-electron chi connectivity index (χ3n) is 3.74. The summed E-state index contributed by atoms with van der Waals surface area (Å²) in [6.07, 6.45) is 1.96. The van der Waals surface area contributed by atoms with Crippen LogP contribution in [0.1, 0.15) is 30.6 Å². The summed E-state index contributed by atoms with van der Waals surface area (Å²) in [5.74, 6) is -0.750. The first-order valence-corrected chi connectivity index (χ1v) is 7.31. The molecular formula is C19H21FO. The summed E-state index contributed by atoms with van der Waals surface area (Å²) in [4.78, 5) is 0. The van der Waals surface area contributed by atoms with E-state index < -0.39 is 12.0 Å². The van der Waals surface area contributed by atoms with Gasteiger partial charge in [-0.1, -0.05) is 66.7 Å². The molecule has 2 atom stereocenters. The second-order valence-corrected chi connectivity index (χ2v) is 5.16. The van der Waals surface area contributed by atoms with Crippen LogP contribution in [0.2, 0.25) is 0 Å². The highest BCUT2D eigenvalue weighted by atomic mass is 19.1. The Balaban J connectivity index is 2.11. The van der Waals surface area contributed by atoms with Gasteiger partial charge >= 0.3 is 0 Å². The van der Waals surface area contributed by atoms with Crippen LogP contribution in [0.3, 0.4) is 0 Å². The fourth-order valence-electron chi connectivity index (χ4n) is 2.51. The van der Waals surface area contributed by atoms with Crippen LogP contribution >= 0.6 is 0 Å². The van der Waals surface area contributed by atoms with Crippen LogP contribution in [0, 0.1) is 5.92 Å². The molecule has 2 rings (SSSR count). The van der Waals surface area contributed by atoms with Gasteiger partial charge in [-0.15, -0.1) is 0 Å². The number of rotatable bonds is 6. The van der Waals surface area contributed by atoms with Gasteiger partial charge in [0, 0.05) is 5.92 Å². The SMILES string of the molecule is CC=C(F)[C@@H](CCc1ccccc1)[C@@H](O)c1ccccc1. The van der Waals surface area contributed by atoms with Crippen molar-refractivity contribution in [3.63, 3.8) is 0 Å². The summed E-state index contributed by atoms with van der Waals surface area (Å²) < 4.78 is 14.1. The zero-order valence-corrected chi connectivity index (χ0v) is 12.2. The van der Waals surface area contributed by atoms with Gasteiger partial charge < -0.3 is 5.11 Å². The zero-order valence-electron chi connectivity index (χ0n) is 12.2. The summed E-state index contributed by atoms with van der Waals surface area (Å²) in [5, 5.41) is 10.5. The Labute approximate surface area is 125 Å². The number of aliphatic hydroxyl groups excluding tert-OH is 1. The Kier molecular flexibility index (Phi) is 5.70. The lowest BCUT2D eigenvalue weighted by molar-refractivity contribution is 0.109. The third kappa shape index (κ3) is 4.27. The molecule has 2 aromatic carbocycles. The van der Waals surface area contributed by atoms with Crippen LogP contribution in [-0.2, 0) is 6.42 Å². The molecule has 0 unspecified atom stereocenters. The first-order chi connectivity index (χ1) is 10.2. The molecule has 0 saturated carbocycles. The zero-order chi connectivity index (χ0) is 15.1. The molecule has 0 aromatic heterocycles. The minimum atomic E-state index is -0.814. The van der Waals surface area contributed by atoms with Crippen molar-refractivity contribution in [1.82, 2.24) is 0 Å². The molecular weight excluding hydrogens is 263 g/mol. The molecule has 0 fully saturated rings. The Morgan fingerprint density at radius 2 is 1.62 bits per heavy atom. The van der Waals surface area contributed by atoms with Crippen LogP contribution < -0.4 is 0 Å². The van der Waals surface area contributed by atoms with Crippen molar-refractivity contribution in [3.05, 3.63) is 83.7 Å². The maximum absolute atomic E-state index is 14.1. The molecule has 2 heteroatoms. The van der Waals surface area contributed by atoms with Crippen molar-refractivity contribution in [1.29, 1.82) is 0 Å². The monoisotopic (exact) mass is 284 g/mol. The van der Waals surface area contributed by atoms with Gasteiger partial charge in [0.05, 0.1) is 6.10 Å². The lowest BCUT2D eigenvalue weighted by Gasteiger charge is -2.22. The second kappa shape index (κ2) is 7.75. The molecule has 0 heterocycles. The van der Waals surface area contributed by atoms with E-state index in [9.17, 15) is 9.50 Å². The number of benzene rings is 2. The molecule has 2 aromatic rings. The Morgan fingerprint density at radius 1 is 1.05 bits per heavy atom. The van der Waals surface area contributed by atoms with Crippen LogP contribution in [0.4, 0.5) is 4.39 Å². The van der Waals surface area contributed by atoms with E-state index in [1.165, 1.54) is 6.08 Å². The summed E-state index contributed by atoms with van der Waals surface area (Å²) >= 11 is 0. The van der Waals surface area contributed by atoms with E-state index in [0.717, 1.165) is 17.5 Å². The van der Waals surface area contributed by atoms with Gasteiger partial charge in [0.2, 0.25) is 0 Å². The molecule has 21 heavy (non-hydrogen) atoms. The van der Waals surface area contributed by atoms with E-state index in [1.807, 2.05) is 60.7 Å². The Morgan fingerprint density at radius 3 is 2.19 bits per heavy atom. The van der Waals surface area contributed by atoms with Crippen LogP contribution in [0.5, 0.6) is 0 Å². The molecule has 0 amide bonds. The highest BCUT2D eigenvalue weighted by Crippen LogP contribution is 2.32. The van der Waals surface area contributed by atoms with Gasteiger partial charge in [0.15, 0.2) is 0 Å². The average Bonchev–Trinajstić information content (AvgIpc) is 2.56. The Bertz CT molecular complexity index is 563. The Hall–Kier alpha value is -1.93. The van der Waals surface area contributed by atoms with E-state index in [4.69, 9.17) is 0 Å². The predicted molar refractivity (Wildman–Crippen MR) is 84.5 cm³/mol. The van der Waals surface area contributed by atoms with Crippen molar-refractivity contribution in [2.24, 2.45) is 5.92 Å². The number of hydrogen-bond donors (Lipinski definition) is 1. The lowest BCUT2D eigenvalue weighted by Crippen LogP contribution is -2.14. The van der Waals surface area contributed by atoms with Gasteiger partial charge in [0.1, 0.15) is 5.83 Å². The molecule has 0 aliphatic carbocycles. The van der Waals surface area contributed by atoms with Crippen LogP contribution in [0.25, 0.3) is 0 Å². The molecule has 0 saturated heterocycles. The van der Waals surface area contributed by atoms with E-state index in [-0.39, 0.29) is 5.83 Å². The van der Waals surface area contributed by atoms with Gasteiger partial charge in [-0.2, -0.15) is 0 Å². The normalized spacial score (nSPS) is 14.7. The molecule has 0 spiro atoms. The minimum absolute atomic E-state index is 0.248. The second-order valence-electron chi connectivity index (χ2n) is 5.16. The first-order valence-electron chi connectivity index (χ1n) is 7.31. The van der Waals surface area contributed by atoms with E-state index in [0.29, 0.717) is 6.42 Å². The maximum atomic E-state index is 14.1. The van der Waals surface area contributed by atoms with Gasteiger partial charge in [-0.3, -0.25) is 0 Å². The van der Waals surface area contributed by atoms with Crippen molar-refractivity contribution < 1.29 is 9.50 Å². The molecule has 1 nitrogen and oxygen atoms in total. The smallest absolute Gasteiger partial charge is 0.102 e.